The van der Waals surface area contributed by atoms with Gasteiger partial charge in [0.1, 0.15) is 6.04 Å². The second-order valence-corrected chi connectivity index (χ2v) is 2.64. The van der Waals surface area contributed by atoms with Crippen LogP contribution in [0, 0.1) is 0 Å². The molecule has 0 aromatic heterocycles. The van der Waals surface area contributed by atoms with E-state index in [1.54, 1.807) is 0 Å². The van der Waals surface area contributed by atoms with Gasteiger partial charge in [-0.25, -0.2) is 0 Å². The number of aliphatic carboxylic acids is 2. The zero-order valence-corrected chi connectivity index (χ0v) is 7.92. The molecular formula is C5H11NO7P+. The van der Waals surface area contributed by atoms with Crippen molar-refractivity contribution in [2.45, 2.75) is 18.9 Å². The zero-order valence-electron chi connectivity index (χ0n) is 7.03. The van der Waals surface area contributed by atoms with Crippen molar-refractivity contribution in [1.82, 2.24) is 0 Å². The number of nitrogens with two attached hydrogens (primary N) is 1. The molecule has 0 saturated carbocycles. The molecule has 0 fully saturated rings. The number of carboxylic acid groups (broad SMARTS) is 2. The monoisotopic (exact) mass is 228 g/mol. The van der Waals surface area contributed by atoms with Crippen LogP contribution in [0.2, 0.25) is 0 Å². The highest BCUT2D eigenvalue weighted by Crippen LogP contribution is 1.98. The summed E-state index contributed by atoms with van der Waals surface area (Å²) in [5.41, 5.74) is 5.00. The Hall–Kier alpha value is -1.08. The van der Waals surface area contributed by atoms with Crippen molar-refractivity contribution in [3.63, 3.8) is 0 Å². The molecule has 0 aliphatic rings. The van der Waals surface area contributed by atoms with Crippen molar-refractivity contribution in [2.75, 3.05) is 0 Å². The lowest BCUT2D eigenvalue weighted by Crippen LogP contribution is -2.30. The lowest BCUT2D eigenvalue weighted by molar-refractivity contribution is -0.139. The topological polar surface area (TPSA) is 158 Å². The van der Waals surface area contributed by atoms with E-state index in [9.17, 15) is 9.59 Å². The lowest BCUT2D eigenvalue weighted by atomic mass is 10.2. The van der Waals surface area contributed by atoms with E-state index in [0.29, 0.717) is 0 Å². The quantitative estimate of drug-likeness (QED) is 0.379. The standard InChI is InChI=1S/C5H9NO4.HO3P/c6-3(5(9)10)1-2-4(7)8;1-4(2)3/h3H,1-2,6H2,(H,7,8)(H,9,10);(H-,1,2,3)/p+1. The maximum atomic E-state index is 9.99. The number of carbonyl (C=O) groups is 2. The second kappa shape index (κ2) is 8.52. The molecule has 0 aromatic rings. The predicted molar refractivity (Wildman–Crippen MR) is 44.5 cm³/mol. The van der Waals surface area contributed by atoms with Gasteiger partial charge in [-0.15, -0.1) is 9.79 Å². The normalized spacial score (nSPS) is 10.8. The molecule has 82 valence electrons. The van der Waals surface area contributed by atoms with Gasteiger partial charge in [-0.2, -0.15) is 0 Å². The molecule has 8 nitrogen and oxygen atoms in total. The molecule has 0 heterocycles. The summed E-state index contributed by atoms with van der Waals surface area (Å²) in [6, 6.07) is -1.06. The lowest BCUT2D eigenvalue weighted by Gasteiger charge is -2.01. The second-order valence-electron chi connectivity index (χ2n) is 2.13. The van der Waals surface area contributed by atoms with Crippen molar-refractivity contribution in [1.29, 1.82) is 0 Å². The van der Waals surface area contributed by atoms with Gasteiger partial charge in [0.25, 0.3) is 0 Å². The van der Waals surface area contributed by atoms with E-state index in [4.69, 9.17) is 30.3 Å². The Morgan fingerprint density at radius 3 is 1.86 bits per heavy atom. The molecule has 14 heavy (non-hydrogen) atoms. The third-order valence-corrected chi connectivity index (χ3v) is 0.986. The molecule has 0 saturated heterocycles. The van der Waals surface area contributed by atoms with Gasteiger partial charge < -0.3 is 15.9 Å². The average Bonchev–Trinajstić information content (AvgIpc) is 1.98. The zero-order chi connectivity index (χ0) is 11.7. The van der Waals surface area contributed by atoms with Crippen LogP contribution in [0.15, 0.2) is 0 Å². The van der Waals surface area contributed by atoms with Crippen molar-refractivity contribution < 1.29 is 34.2 Å². The molecular weight excluding hydrogens is 217 g/mol. The Morgan fingerprint density at radius 2 is 1.64 bits per heavy atom. The minimum atomic E-state index is -2.87. The minimum absolute atomic E-state index is 0.0231. The molecule has 0 aromatic carbocycles. The summed E-state index contributed by atoms with van der Waals surface area (Å²) in [4.78, 5) is 34.1. The molecule has 9 heteroatoms. The van der Waals surface area contributed by atoms with E-state index in [0.717, 1.165) is 0 Å². The smallest absolute Gasteiger partial charge is 0.481 e. The average molecular weight is 228 g/mol. The Kier molecular flexibility index (Phi) is 9.36. The van der Waals surface area contributed by atoms with E-state index < -0.39 is 26.2 Å². The van der Waals surface area contributed by atoms with Crippen LogP contribution < -0.4 is 5.73 Å². The first-order valence-electron chi connectivity index (χ1n) is 3.32. The van der Waals surface area contributed by atoms with Gasteiger partial charge in [0.15, 0.2) is 0 Å². The molecule has 0 spiro atoms. The van der Waals surface area contributed by atoms with E-state index in [1.807, 2.05) is 0 Å². The van der Waals surface area contributed by atoms with Crippen LogP contribution in [0.1, 0.15) is 12.8 Å². The van der Waals surface area contributed by atoms with Crippen molar-refractivity contribution in [3.05, 3.63) is 0 Å². The van der Waals surface area contributed by atoms with Crippen LogP contribution in [0.5, 0.6) is 0 Å². The van der Waals surface area contributed by atoms with Crippen LogP contribution >= 0.6 is 8.25 Å². The Morgan fingerprint density at radius 1 is 1.29 bits per heavy atom. The summed E-state index contributed by atoms with van der Waals surface area (Å²) in [5, 5.41) is 16.3. The van der Waals surface area contributed by atoms with Gasteiger partial charge in [-0.05, 0) is 6.42 Å². The van der Waals surface area contributed by atoms with Crippen LogP contribution in [0.3, 0.4) is 0 Å². The molecule has 6 N–H and O–H groups in total. The molecule has 0 rings (SSSR count). The van der Waals surface area contributed by atoms with Gasteiger partial charge in [0.2, 0.25) is 0 Å². The molecule has 0 radical (unpaired) electrons. The summed E-state index contributed by atoms with van der Waals surface area (Å²) in [6.45, 7) is 0. The van der Waals surface area contributed by atoms with E-state index >= 15 is 0 Å². The summed E-state index contributed by atoms with van der Waals surface area (Å²) in [6.07, 6.45) is -0.224. The highest BCUT2D eigenvalue weighted by molar-refractivity contribution is 7.30. The van der Waals surface area contributed by atoms with Crippen LogP contribution in [0.25, 0.3) is 0 Å². The SMILES string of the molecule is NC(CCC(=O)O)C(=O)O.O=[P+](O)O. The molecule has 0 amide bonds. The van der Waals surface area contributed by atoms with Gasteiger partial charge in [-0.3, -0.25) is 9.59 Å². The minimum Gasteiger partial charge on any atom is -0.481 e. The fraction of sp³-hybridized carbons (Fsp3) is 0.600. The first kappa shape index (κ1) is 15.4. The third kappa shape index (κ3) is 17.1. The number of rotatable bonds is 4. The number of hydrogen-bond acceptors (Lipinski definition) is 4. The fourth-order valence-electron chi connectivity index (χ4n) is 0.402. The maximum Gasteiger partial charge on any atom is 0.692 e. The van der Waals surface area contributed by atoms with Crippen molar-refractivity contribution >= 4 is 20.2 Å². The highest BCUT2D eigenvalue weighted by Gasteiger charge is 2.12. The van der Waals surface area contributed by atoms with Crippen molar-refractivity contribution in [3.8, 4) is 0 Å². The summed E-state index contributed by atoms with van der Waals surface area (Å²) < 4.78 is 8.70. The van der Waals surface area contributed by atoms with Gasteiger partial charge in [-0.1, -0.05) is 0 Å². The summed E-state index contributed by atoms with van der Waals surface area (Å²) in [7, 11) is -2.87. The predicted octanol–water partition coefficient (Wildman–Crippen LogP) is -1.11. The fourth-order valence-corrected chi connectivity index (χ4v) is 0.402. The Labute approximate surface area is 79.9 Å². The van der Waals surface area contributed by atoms with E-state index in [-0.39, 0.29) is 12.8 Å². The van der Waals surface area contributed by atoms with Crippen LogP contribution in [-0.2, 0) is 14.2 Å². The van der Waals surface area contributed by atoms with E-state index in [1.165, 1.54) is 0 Å². The first-order chi connectivity index (χ1) is 6.27. The largest absolute Gasteiger partial charge is 0.692 e. The molecule has 0 aliphatic carbocycles. The number of hydrogen-bond donors (Lipinski definition) is 5. The van der Waals surface area contributed by atoms with Crippen LogP contribution in [0.4, 0.5) is 0 Å². The summed E-state index contributed by atoms with van der Waals surface area (Å²) in [5.74, 6) is -2.20. The Balaban J connectivity index is 0. The highest BCUT2D eigenvalue weighted by atomic mass is 31.1. The molecule has 0 bridgehead atoms. The maximum absolute atomic E-state index is 9.99. The van der Waals surface area contributed by atoms with Crippen LogP contribution in [-0.4, -0.2) is 38.0 Å². The number of carboxylic acids is 2. The van der Waals surface area contributed by atoms with Crippen molar-refractivity contribution in [2.24, 2.45) is 5.73 Å². The first-order valence-corrected chi connectivity index (χ1v) is 4.49. The Bertz CT molecular complexity index is 214. The van der Waals surface area contributed by atoms with E-state index in [2.05, 4.69) is 0 Å². The van der Waals surface area contributed by atoms with Gasteiger partial charge >= 0.3 is 20.2 Å². The molecule has 0 aliphatic heterocycles. The third-order valence-electron chi connectivity index (χ3n) is 0.986. The summed E-state index contributed by atoms with van der Waals surface area (Å²) >= 11 is 0. The molecule has 1 atom stereocenters. The molecule has 1 unspecified atom stereocenters. The van der Waals surface area contributed by atoms with Gasteiger partial charge in [0.05, 0.1) is 0 Å². The van der Waals surface area contributed by atoms with Gasteiger partial charge in [0, 0.05) is 11.0 Å².